The van der Waals surface area contributed by atoms with Crippen LogP contribution < -0.4 is 11.2 Å². The van der Waals surface area contributed by atoms with Crippen molar-refractivity contribution in [3.8, 4) is 0 Å². The van der Waals surface area contributed by atoms with Gasteiger partial charge in [-0.1, -0.05) is 34.8 Å². The Balaban J connectivity index is 2.16. The van der Waals surface area contributed by atoms with Crippen LogP contribution in [-0.2, 0) is 17.0 Å². The zero-order valence-corrected chi connectivity index (χ0v) is 15.6. The second kappa shape index (κ2) is 7.14. The average molecular weight is 442 g/mol. The molecule has 0 fully saturated rings. The number of alkyl halides is 3. The summed E-state index contributed by atoms with van der Waals surface area (Å²) in [6.07, 6.45) is -4.03. The summed E-state index contributed by atoms with van der Waals surface area (Å²) in [6.45, 7) is -0.110. The van der Waals surface area contributed by atoms with E-state index in [2.05, 4.69) is 5.48 Å². The van der Waals surface area contributed by atoms with E-state index in [9.17, 15) is 17.6 Å². The lowest BCUT2D eigenvalue weighted by molar-refractivity contribution is -0.269. The fourth-order valence-corrected chi connectivity index (χ4v) is 3.25. The van der Waals surface area contributed by atoms with Crippen LogP contribution in [0.4, 0.5) is 17.6 Å². The minimum atomic E-state index is -4.86. The Morgan fingerprint density at radius 2 is 1.70 bits per heavy atom. The van der Waals surface area contributed by atoms with Crippen molar-refractivity contribution >= 4 is 40.5 Å². The Hall–Kier alpha value is -1.51. The summed E-state index contributed by atoms with van der Waals surface area (Å²) in [6, 6.07) is 5.82. The summed E-state index contributed by atoms with van der Waals surface area (Å²) < 4.78 is 55.5. The van der Waals surface area contributed by atoms with Crippen molar-refractivity contribution in [1.82, 2.24) is 5.48 Å². The largest absolute Gasteiger partial charge is 0.428 e. The van der Waals surface area contributed by atoms with Crippen LogP contribution in [0.25, 0.3) is 5.70 Å². The van der Waals surface area contributed by atoms with Gasteiger partial charge in [-0.3, -0.25) is 10.3 Å². The Kier molecular flexibility index (Phi) is 5.35. The van der Waals surface area contributed by atoms with Gasteiger partial charge in [0.1, 0.15) is 5.82 Å². The van der Waals surface area contributed by atoms with Gasteiger partial charge in [-0.05, 0) is 36.4 Å². The first-order chi connectivity index (χ1) is 12.6. The number of halogens is 7. The van der Waals surface area contributed by atoms with Gasteiger partial charge in [-0.2, -0.15) is 13.2 Å². The molecule has 1 aliphatic rings. The summed E-state index contributed by atoms with van der Waals surface area (Å²) in [5.74, 6) is -0.556. The summed E-state index contributed by atoms with van der Waals surface area (Å²) >= 11 is 17.6. The van der Waals surface area contributed by atoms with Crippen molar-refractivity contribution < 1.29 is 22.4 Å². The van der Waals surface area contributed by atoms with E-state index in [4.69, 9.17) is 45.4 Å². The molecule has 1 aliphatic heterocycles. The second-order valence-electron chi connectivity index (χ2n) is 5.76. The van der Waals surface area contributed by atoms with E-state index in [1.165, 1.54) is 12.1 Å². The van der Waals surface area contributed by atoms with Gasteiger partial charge < -0.3 is 5.73 Å². The minimum absolute atomic E-state index is 0.00998. The maximum atomic E-state index is 14.0. The summed E-state index contributed by atoms with van der Waals surface area (Å²) in [7, 11) is 0. The lowest BCUT2D eigenvalue weighted by atomic mass is 9.91. The van der Waals surface area contributed by atoms with Crippen LogP contribution in [0.2, 0.25) is 15.1 Å². The van der Waals surface area contributed by atoms with E-state index < -0.39 is 17.6 Å². The fourth-order valence-electron chi connectivity index (χ4n) is 2.65. The van der Waals surface area contributed by atoms with Crippen LogP contribution in [0, 0.1) is 5.82 Å². The van der Waals surface area contributed by atoms with Crippen molar-refractivity contribution in [1.29, 1.82) is 0 Å². The lowest BCUT2D eigenvalue weighted by Crippen LogP contribution is -2.42. The van der Waals surface area contributed by atoms with Crippen molar-refractivity contribution in [2.45, 2.75) is 18.3 Å². The van der Waals surface area contributed by atoms with Gasteiger partial charge in [0.15, 0.2) is 0 Å². The first kappa shape index (κ1) is 20.2. The predicted octanol–water partition coefficient (Wildman–Crippen LogP) is 5.58. The van der Waals surface area contributed by atoms with Crippen LogP contribution in [0.5, 0.6) is 0 Å². The number of hydrogen-bond donors (Lipinski definition) is 2. The average Bonchev–Trinajstić information content (AvgIpc) is 3.06. The minimum Gasteiger partial charge on any atom is -0.326 e. The molecular formula is C17H11Cl3F4N2O. The third kappa shape index (κ3) is 3.50. The number of benzene rings is 2. The third-order valence-corrected chi connectivity index (χ3v) is 5.28. The SMILES string of the molecule is NCc1cc(C2=CC(c3cc(Cl)c(Cl)c(Cl)c3)(C(F)(F)F)ON2)ccc1F. The molecule has 10 heteroatoms. The van der Waals surface area contributed by atoms with Gasteiger partial charge in [0.2, 0.25) is 5.60 Å². The zero-order chi connectivity index (χ0) is 20.0. The van der Waals surface area contributed by atoms with E-state index in [1.807, 2.05) is 0 Å². The van der Waals surface area contributed by atoms with Crippen LogP contribution in [0.3, 0.4) is 0 Å². The zero-order valence-electron chi connectivity index (χ0n) is 13.3. The number of rotatable bonds is 3. The van der Waals surface area contributed by atoms with Crippen molar-refractivity contribution in [2.75, 3.05) is 0 Å². The highest BCUT2D eigenvalue weighted by molar-refractivity contribution is 6.48. The molecule has 3 rings (SSSR count). The molecule has 0 bridgehead atoms. The highest BCUT2D eigenvalue weighted by Crippen LogP contribution is 2.49. The highest BCUT2D eigenvalue weighted by Gasteiger charge is 2.59. The van der Waals surface area contributed by atoms with Gasteiger partial charge >= 0.3 is 6.18 Å². The summed E-state index contributed by atoms with van der Waals surface area (Å²) in [4.78, 5) is 4.96. The van der Waals surface area contributed by atoms with E-state index in [-0.39, 0.29) is 44.0 Å². The molecule has 0 aliphatic carbocycles. The molecule has 1 heterocycles. The number of nitrogens with one attached hydrogen (secondary N) is 1. The summed E-state index contributed by atoms with van der Waals surface area (Å²) in [5, 5.41) is -0.374. The third-order valence-electron chi connectivity index (χ3n) is 4.08. The van der Waals surface area contributed by atoms with Gasteiger partial charge in [-0.15, -0.1) is 0 Å². The molecule has 2 aromatic carbocycles. The maximum Gasteiger partial charge on any atom is 0.428 e. The Labute approximate surface area is 166 Å². The molecule has 3 N–H and O–H groups in total. The molecule has 3 nitrogen and oxygen atoms in total. The normalized spacial score (nSPS) is 19.8. The molecule has 0 spiro atoms. The Morgan fingerprint density at radius 3 is 2.26 bits per heavy atom. The monoisotopic (exact) mass is 440 g/mol. The Bertz CT molecular complexity index is 910. The molecular weight excluding hydrogens is 431 g/mol. The lowest BCUT2D eigenvalue weighted by Gasteiger charge is -2.29. The topological polar surface area (TPSA) is 47.3 Å². The summed E-state index contributed by atoms with van der Waals surface area (Å²) in [5.41, 5.74) is 4.88. The smallest absolute Gasteiger partial charge is 0.326 e. The van der Waals surface area contributed by atoms with Crippen LogP contribution >= 0.6 is 34.8 Å². The molecule has 0 radical (unpaired) electrons. The second-order valence-corrected chi connectivity index (χ2v) is 6.95. The van der Waals surface area contributed by atoms with E-state index >= 15 is 0 Å². The molecule has 144 valence electrons. The first-order valence-electron chi connectivity index (χ1n) is 7.46. The molecule has 0 aromatic heterocycles. The van der Waals surface area contributed by atoms with Crippen molar-refractivity contribution in [2.24, 2.45) is 5.73 Å². The van der Waals surface area contributed by atoms with Crippen LogP contribution in [-0.4, -0.2) is 6.18 Å². The predicted molar refractivity (Wildman–Crippen MR) is 95.7 cm³/mol. The van der Waals surface area contributed by atoms with Crippen molar-refractivity contribution in [3.05, 3.63) is 74.0 Å². The van der Waals surface area contributed by atoms with Gasteiger partial charge in [-0.25, -0.2) is 4.39 Å². The van der Waals surface area contributed by atoms with Gasteiger partial charge in [0.05, 0.1) is 20.8 Å². The molecule has 1 unspecified atom stereocenters. The fraction of sp³-hybridized carbons (Fsp3) is 0.176. The molecule has 27 heavy (non-hydrogen) atoms. The first-order valence-corrected chi connectivity index (χ1v) is 8.60. The maximum absolute atomic E-state index is 14.0. The number of hydrogen-bond acceptors (Lipinski definition) is 3. The standard InChI is InChI=1S/C17H11Cl3F4N2O/c18-11-4-10(5-12(19)15(11)20)16(17(22,23)24)6-14(26-27-16)8-1-2-13(21)9(3-8)7-25/h1-6,26H,7,25H2. The van der Waals surface area contributed by atoms with E-state index in [0.717, 1.165) is 24.3 Å². The molecule has 2 aromatic rings. The van der Waals surface area contributed by atoms with E-state index in [0.29, 0.717) is 0 Å². The molecule has 0 saturated carbocycles. The van der Waals surface area contributed by atoms with Crippen LogP contribution in [0.15, 0.2) is 36.4 Å². The van der Waals surface area contributed by atoms with Gasteiger partial charge in [0, 0.05) is 23.2 Å². The number of nitrogens with two attached hydrogens (primary N) is 1. The van der Waals surface area contributed by atoms with Crippen LogP contribution in [0.1, 0.15) is 16.7 Å². The highest BCUT2D eigenvalue weighted by atomic mass is 35.5. The molecule has 0 saturated heterocycles. The molecule has 0 amide bonds. The van der Waals surface area contributed by atoms with E-state index in [1.54, 1.807) is 0 Å². The number of hydroxylamine groups is 1. The van der Waals surface area contributed by atoms with Gasteiger partial charge in [0.25, 0.3) is 0 Å². The Morgan fingerprint density at radius 1 is 1.07 bits per heavy atom. The molecule has 1 atom stereocenters. The van der Waals surface area contributed by atoms with Crippen molar-refractivity contribution in [3.63, 3.8) is 0 Å². The quantitative estimate of drug-likeness (QED) is 0.483.